The number of rotatable bonds is 8. The largest absolute Gasteiger partial charge is 0.389 e. The molecule has 0 aromatic heterocycles. The van der Waals surface area contributed by atoms with Gasteiger partial charge in [-0.1, -0.05) is 49.3 Å². The number of aliphatic hydroxyl groups excluding tert-OH is 2. The van der Waals surface area contributed by atoms with Crippen molar-refractivity contribution in [1.82, 2.24) is 0 Å². The molecule has 1 rings (SSSR count). The summed E-state index contributed by atoms with van der Waals surface area (Å²) in [5.41, 5.74) is 4.99. The summed E-state index contributed by atoms with van der Waals surface area (Å²) in [5, 5.41) is 19.4. The summed E-state index contributed by atoms with van der Waals surface area (Å²) in [5.74, 6) is 0.00244. The lowest BCUT2D eigenvalue weighted by Gasteiger charge is -2.12. The Balaban J connectivity index is 2.21. The van der Waals surface area contributed by atoms with E-state index >= 15 is 0 Å². The molecular formula is C16H25NO3. The summed E-state index contributed by atoms with van der Waals surface area (Å²) >= 11 is 0. The van der Waals surface area contributed by atoms with Gasteiger partial charge in [0, 0.05) is 6.42 Å². The van der Waals surface area contributed by atoms with Crippen LogP contribution in [0.1, 0.15) is 38.5 Å². The van der Waals surface area contributed by atoms with Crippen LogP contribution in [0.3, 0.4) is 0 Å². The molecule has 2 unspecified atom stereocenters. The van der Waals surface area contributed by atoms with Gasteiger partial charge in [0.1, 0.15) is 0 Å². The Labute approximate surface area is 120 Å². The number of allylic oxidation sites excluding steroid dienone is 4. The van der Waals surface area contributed by atoms with Crippen molar-refractivity contribution >= 4 is 5.91 Å². The van der Waals surface area contributed by atoms with Crippen LogP contribution in [-0.2, 0) is 4.79 Å². The molecule has 1 aliphatic rings. The fourth-order valence-corrected chi connectivity index (χ4v) is 2.34. The van der Waals surface area contributed by atoms with E-state index in [2.05, 4.69) is 0 Å². The summed E-state index contributed by atoms with van der Waals surface area (Å²) in [6.45, 7) is 0. The van der Waals surface area contributed by atoms with Gasteiger partial charge < -0.3 is 15.9 Å². The lowest BCUT2D eigenvalue weighted by molar-refractivity contribution is -0.118. The Hall–Kier alpha value is -1.39. The first kappa shape index (κ1) is 16.7. The van der Waals surface area contributed by atoms with E-state index in [0.29, 0.717) is 12.3 Å². The number of hydrogen-bond acceptors (Lipinski definition) is 3. The third-order valence-electron chi connectivity index (χ3n) is 3.54. The topological polar surface area (TPSA) is 83.6 Å². The molecule has 0 aromatic rings. The van der Waals surface area contributed by atoms with Gasteiger partial charge in [-0.25, -0.2) is 0 Å². The van der Waals surface area contributed by atoms with Crippen molar-refractivity contribution in [2.24, 2.45) is 11.7 Å². The van der Waals surface area contributed by atoms with Crippen molar-refractivity contribution < 1.29 is 15.0 Å². The van der Waals surface area contributed by atoms with Gasteiger partial charge in [0.15, 0.2) is 0 Å². The zero-order valence-corrected chi connectivity index (χ0v) is 11.8. The zero-order chi connectivity index (χ0) is 14.8. The van der Waals surface area contributed by atoms with Crippen LogP contribution in [0.5, 0.6) is 0 Å². The van der Waals surface area contributed by atoms with Crippen LogP contribution in [0, 0.1) is 5.92 Å². The van der Waals surface area contributed by atoms with Crippen molar-refractivity contribution in [3.63, 3.8) is 0 Å². The van der Waals surface area contributed by atoms with Crippen LogP contribution < -0.4 is 5.73 Å². The lowest BCUT2D eigenvalue weighted by atomic mass is 10.0. The minimum absolute atomic E-state index is 0.183. The van der Waals surface area contributed by atoms with Gasteiger partial charge in [-0.2, -0.15) is 0 Å². The van der Waals surface area contributed by atoms with E-state index in [1.54, 1.807) is 18.2 Å². The molecule has 1 saturated carbocycles. The molecule has 0 aliphatic heterocycles. The maximum atomic E-state index is 10.5. The Morgan fingerprint density at radius 3 is 2.30 bits per heavy atom. The number of carbonyl (C=O) groups is 1. The van der Waals surface area contributed by atoms with Gasteiger partial charge in [-0.3, -0.25) is 4.79 Å². The Bertz CT molecular complexity index is 368. The van der Waals surface area contributed by atoms with Crippen LogP contribution in [0.25, 0.3) is 0 Å². The number of carbonyl (C=O) groups excluding carboxylic acids is 1. The van der Waals surface area contributed by atoms with E-state index in [-0.39, 0.29) is 12.5 Å². The Morgan fingerprint density at radius 2 is 1.70 bits per heavy atom. The highest BCUT2D eigenvalue weighted by Gasteiger charge is 2.20. The maximum Gasteiger partial charge on any atom is 0.217 e. The molecule has 0 heterocycles. The quantitative estimate of drug-likeness (QED) is 0.593. The smallest absolute Gasteiger partial charge is 0.217 e. The monoisotopic (exact) mass is 279 g/mol. The van der Waals surface area contributed by atoms with Gasteiger partial charge in [0.25, 0.3) is 0 Å². The summed E-state index contributed by atoms with van der Waals surface area (Å²) in [7, 11) is 0. The average Bonchev–Trinajstić information content (AvgIpc) is 2.94. The second kappa shape index (κ2) is 9.50. The molecule has 4 heteroatoms. The molecule has 4 N–H and O–H groups in total. The summed E-state index contributed by atoms with van der Waals surface area (Å²) in [6, 6.07) is 0. The second-order valence-electron chi connectivity index (χ2n) is 5.26. The van der Waals surface area contributed by atoms with Crippen LogP contribution in [0.15, 0.2) is 36.5 Å². The second-order valence-corrected chi connectivity index (χ2v) is 5.26. The van der Waals surface area contributed by atoms with E-state index in [4.69, 9.17) is 5.73 Å². The number of primary amides is 1. The summed E-state index contributed by atoms with van der Waals surface area (Å²) < 4.78 is 0. The molecule has 20 heavy (non-hydrogen) atoms. The molecule has 0 bridgehead atoms. The fraction of sp³-hybridized carbons (Fsp3) is 0.562. The van der Waals surface area contributed by atoms with Crippen molar-refractivity contribution in [2.75, 3.05) is 0 Å². The predicted octanol–water partition coefficient (Wildman–Crippen LogP) is 1.83. The fourth-order valence-electron chi connectivity index (χ4n) is 2.34. The van der Waals surface area contributed by atoms with Gasteiger partial charge in [-0.05, 0) is 25.2 Å². The number of nitrogens with two attached hydrogens (primary N) is 1. The van der Waals surface area contributed by atoms with Crippen LogP contribution in [0.2, 0.25) is 0 Å². The first-order valence-electron chi connectivity index (χ1n) is 7.25. The number of aliphatic hydroxyl groups is 2. The van der Waals surface area contributed by atoms with Gasteiger partial charge in [0.2, 0.25) is 5.91 Å². The van der Waals surface area contributed by atoms with Crippen molar-refractivity contribution in [1.29, 1.82) is 0 Å². The van der Waals surface area contributed by atoms with E-state index in [1.807, 2.05) is 18.2 Å². The van der Waals surface area contributed by atoms with Crippen LogP contribution >= 0.6 is 0 Å². The molecule has 4 nitrogen and oxygen atoms in total. The normalized spacial score (nSPS) is 20.3. The Kier molecular flexibility index (Phi) is 7.92. The first-order chi connectivity index (χ1) is 9.59. The molecule has 112 valence electrons. The third kappa shape index (κ3) is 7.26. The molecular weight excluding hydrogens is 254 g/mol. The van der Waals surface area contributed by atoms with Crippen LogP contribution in [0.4, 0.5) is 0 Å². The third-order valence-corrected chi connectivity index (χ3v) is 3.54. The average molecular weight is 279 g/mol. The summed E-state index contributed by atoms with van der Waals surface area (Å²) in [6.07, 6.45) is 14.7. The molecule has 0 radical (unpaired) electrons. The van der Waals surface area contributed by atoms with Crippen molar-refractivity contribution in [3.05, 3.63) is 36.5 Å². The van der Waals surface area contributed by atoms with Gasteiger partial charge in [0.05, 0.1) is 12.2 Å². The number of hydrogen-bond donors (Lipinski definition) is 3. The zero-order valence-electron chi connectivity index (χ0n) is 11.8. The van der Waals surface area contributed by atoms with E-state index in [9.17, 15) is 15.0 Å². The molecule has 0 spiro atoms. The molecule has 1 amide bonds. The standard InChI is InChI=1S/C16H25NO3/c17-16(20)12-11-14(18)9-3-1-2-4-10-15(19)13-7-5-6-8-13/h1-4,9-10,13-15,18-19H,5-8,11-12H2,(H2,17,20). The highest BCUT2D eigenvalue weighted by Crippen LogP contribution is 2.28. The molecule has 0 saturated heterocycles. The highest BCUT2D eigenvalue weighted by atomic mass is 16.3. The lowest BCUT2D eigenvalue weighted by Crippen LogP contribution is -2.14. The van der Waals surface area contributed by atoms with Crippen molar-refractivity contribution in [3.8, 4) is 0 Å². The maximum absolute atomic E-state index is 10.5. The van der Waals surface area contributed by atoms with Crippen LogP contribution in [-0.4, -0.2) is 28.3 Å². The van der Waals surface area contributed by atoms with E-state index < -0.39 is 12.0 Å². The predicted molar refractivity (Wildman–Crippen MR) is 79.8 cm³/mol. The van der Waals surface area contributed by atoms with Gasteiger partial charge >= 0.3 is 0 Å². The highest BCUT2D eigenvalue weighted by molar-refractivity contribution is 5.73. The minimum Gasteiger partial charge on any atom is -0.389 e. The van der Waals surface area contributed by atoms with E-state index in [1.165, 1.54) is 12.8 Å². The van der Waals surface area contributed by atoms with E-state index in [0.717, 1.165) is 12.8 Å². The molecule has 1 aliphatic carbocycles. The molecule has 1 fully saturated rings. The Morgan fingerprint density at radius 1 is 1.10 bits per heavy atom. The minimum atomic E-state index is -0.653. The van der Waals surface area contributed by atoms with Gasteiger partial charge in [-0.15, -0.1) is 0 Å². The summed E-state index contributed by atoms with van der Waals surface area (Å²) in [4.78, 5) is 10.5. The molecule has 2 atom stereocenters. The number of amides is 1. The van der Waals surface area contributed by atoms with Crippen molar-refractivity contribution in [2.45, 2.75) is 50.7 Å². The SMILES string of the molecule is NC(=O)CCC(O)C=CC=CC=CC(O)C1CCCC1. The molecule has 0 aromatic carbocycles. The first-order valence-corrected chi connectivity index (χ1v) is 7.25.